The van der Waals surface area contributed by atoms with Crippen LogP contribution in [0.15, 0.2) is 47.0 Å². The minimum Gasteiger partial charge on any atom is -0.337 e. The summed E-state index contributed by atoms with van der Waals surface area (Å²) < 4.78 is 5.53. The first-order valence-electron chi connectivity index (χ1n) is 9.57. The van der Waals surface area contributed by atoms with E-state index in [9.17, 15) is 4.79 Å². The molecule has 2 heterocycles. The highest BCUT2D eigenvalue weighted by atomic mass is 16.5. The average Bonchev–Trinajstić information content (AvgIpc) is 3.34. The van der Waals surface area contributed by atoms with E-state index >= 15 is 0 Å². The van der Waals surface area contributed by atoms with Crippen LogP contribution < -0.4 is 5.32 Å². The number of anilines is 1. The number of likely N-dealkylation sites (tertiary alicyclic amines) is 1. The second kappa shape index (κ2) is 7.46. The molecule has 1 aromatic heterocycles. The highest BCUT2D eigenvalue weighted by Crippen LogP contribution is 2.33. The molecule has 3 aromatic rings. The van der Waals surface area contributed by atoms with Crippen molar-refractivity contribution in [1.29, 1.82) is 0 Å². The number of carbonyl (C=O) groups is 1. The van der Waals surface area contributed by atoms with Crippen LogP contribution in [0, 0.1) is 20.8 Å². The zero-order chi connectivity index (χ0) is 19.7. The van der Waals surface area contributed by atoms with Crippen molar-refractivity contribution in [3.8, 4) is 11.4 Å². The molecule has 2 amide bonds. The highest BCUT2D eigenvalue weighted by molar-refractivity contribution is 5.90. The van der Waals surface area contributed by atoms with Gasteiger partial charge in [0.15, 0.2) is 0 Å². The number of hydrogen-bond acceptors (Lipinski definition) is 4. The van der Waals surface area contributed by atoms with Crippen molar-refractivity contribution >= 4 is 11.7 Å². The van der Waals surface area contributed by atoms with Crippen molar-refractivity contribution in [3.05, 3.63) is 65.0 Å². The molecular weight excluding hydrogens is 352 g/mol. The molecule has 144 valence electrons. The van der Waals surface area contributed by atoms with Gasteiger partial charge in [-0.3, -0.25) is 0 Å². The van der Waals surface area contributed by atoms with Crippen molar-refractivity contribution in [2.75, 3.05) is 11.9 Å². The van der Waals surface area contributed by atoms with Crippen LogP contribution in [0.5, 0.6) is 0 Å². The first kappa shape index (κ1) is 18.2. The molecule has 1 saturated heterocycles. The first-order chi connectivity index (χ1) is 13.5. The monoisotopic (exact) mass is 376 g/mol. The summed E-state index contributed by atoms with van der Waals surface area (Å²) in [6.07, 6.45) is 1.72. The minimum atomic E-state index is -0.198. The Morgan fingerprint density at radius 1 is 1.18 bits per heavy atom. The van der Waals surface area contributed by atoms with Gasteiger partial charge >= 0.3 is 6.03 Å². The van der Waals surface area contributed by atoms with E-state index in [1.807, 2.05) is 63.2 Å². The number of amides is 2. The summed E-state index contributed by atoms with van der Waals surface area (Å²) in [5, 5.41) is 7.17. The lowest BCUT2D eigenvalue weighted by molar-refractivity contribution is 0.193. The number of rotatable bonds is 3. The molecule has 0 radical (unpaired) electrons. The third-order valence-electron chi connectivity index (χ3n) is 5.36. The second-order valence-electron chi connectivity index (χ2n) is 7.35. The van der Waals surface area contributed by atoms with E-state index in [1.54, 1.807) is 4.90 Å². The molecule has 28 heavy (non-hydrogen) atoms. The van der Waals surface area contributed by atoms with E-state index < -0.39 is 0 Å². The topological polar surface area (TPSA) is 71.3 Å². The molecule has 0 aliphatic carbocycles. The van der Waals surface area contributed by atoms with E-state index in [1.165, 1.54) is 0 Å². The molecule has 4 rings (SSSR count). The number of nitrogens with one attached hydrogen (secondary N) is 1. The maximum Gasteiger partial charge on any atom is 0.322 e. The van der Waals surface area contributed by atoms with Gasteiger partial charge in [-0.25, -0.2) is 4.79 Å². The summed E-state index contributed by atoms with van der Waals surface area (Å²) in [6.45, 7) is 6.75. The smallest absolute Gasteiger partial charge is 0.322 e. The summed E-state index contributed by atoms with van der Waals surface area (Å²) in [4.78, 5) is 19.3. The minimum absolute atomic E-state index is 0.133. The summed E-state index contributed by atoms with van der Waals surface area (Å²) >= 11 is 0. The van der Waals surface area contributed by atoms with Gasteiger partial charge in [0, 0.05) is 17.8 Å². The van der Waals surface area contributed by atoms with Gasteiger partial charge in [0.1, 0.15) is 6.04 Å². The lowest BCUT2D eigenvalue weighted by atomic mass is 10.1. The van der Waals surface area contributed by atoms with Gasteiger partial charge in [-0.1, -0.05) is 41.1 Å². The van der Waals surface area contributed by atoms with Crippen molar-refractivity contribution in [2.24, 2.45) is 0 Å². The van der Waals surface area contributed by atoms with Crippen LogP contribution in [0.1, 0.15) is 41.5 Å². The number of nitrogens with zero attached hydrogens (tertiary/aromatic N) is 3. The zero-order valence-electron chi connectivity index (χ0n) is 16.4. The van der Waals surface area contributed by atoms with E-state index in [4.69, 9.17) is 4.52 Å². The van der Waals surface area contributed by atoms with Gasteiger partial charge in [-0.05, 0) is 56.9 Å². The normalized spacial score (nSPS) is 16.4. The highest BCUT2D eigenvalue weighted by Gasteiger charge is 2.34. The Labute approximate surface area is 164 Å². The Balaban J connectivity index is 1.54. The second-order valence-corrected chi connectivity index (χ2v) is 7.35. The van der Waals surface area contributed by atoms with Crippen LogP contribution in [0.25, 0.3) is 11.4 Å². The SMILES string of the molecule is Cc1cccc(-c2noc(C3CCCN3C(=O)Nc3cccc(C)c3C)n2)c1. The van der Waals surface area contributed by atoms with E-state index in [0.29, 0.717) is 18.3 Å². The molecule has 1 atom stereocenters. The Morgan fingerprint density at radius 3 is 2.82 bits per heavy atom. The molecule has 0 saturated carbocycles. The van der Waals surface area contributed by atoms with Gasteiger partial charge in [-0.15, -0.1) is 0 Å². The van der Waals surface area contributed by atoms with Crippen LogP contribution in [0.4, 0.5) is 10.5 Å². The van der Waals surface area contributed by atoms with Crippen molar-refractivity contribution in [2.45, 2.75) is 39.7 Å². The predicted molar refractivity (Wildman–Crippen MR) is 108 cm³/mol. The summed E-state index contributed by atoms with van der Waals surface area (Å²) in [5.74, 6) is 1.05. The van der Waals surface area contributed by atoms with Crippen molar-refractivity contribution < 1.29 is 9.32 Å². The van der Waals surface area contributed by atoms with Crippen LogP contribution in [-0.2, 0) is 0 Å². The van der Waals surface area contributed by atoms with Crippen LogP contribution >= 0.6 is 0 Å². The number of hydrogen-bond donors (Lipinski definition) is 1. The maximum atomic E-state index is 12.9. The molecular formula is C22H24N4O2. The fraction of sp³-hybridized carbons (Fsp3) is 0.318. The Morgan fingerprint density at radius 2 is 2.00 bits per heavy atom. The van der Waals surface area contributed by atoms with Gasteiger partial charge in [-0.2, -0.15) is 4.98 Å². The Kier molecular flexibility index (Phi) is 4.86. The average molecular weight is 376 g/mol. The maximum absolute atomic E-state index is 12.9. The molecule has 0 bridgehead atoms. The third-order valence-corrected chi connectivity index (χ3v) is 5.36. The van der Waals surface area contributed by atoms with E-state index in [-0.39, 0.29) is 12.1 Å². The molecule has 6 heteroatoms. The fourth-order valence-corrected chi connectivity index (χ4v) is 3.61. The van der Waals surface area contributed by atoms with Crippen LogP contribution in [0.2, 0.25) is 0 Å². The Hall–Kier alpha value is -3.15. The molecule has 1 unspecified atom stereocenters. The van der Waals surface area contributed by atoms with Crippen LogP contribution in [0.3, 0.4) is 0 Å². The molecule has 1 N–H and O–H groups in total. The van der Waals surface area contributed by atoms with Gasteiger partial charge in [0.2, 0.25) is 11.7 Å². The van der Waals surface area contributed by atoms with E-state index in [0.717, 1.165) is 40.8 Å². The largest absolute Gasteiger partial charge is 0.337 e. The molecule has 1 aliphatic heterocycles. The molecule has 0 spiro atoms. The lowest BCUT2D eigenvalue weighted by Crippen LogP contribution is -2.34. The van der Waals surface area contributed by atoms with Gasteiger partial charge < -0.3 is 14.7 Å². The van der Waals surface area contributed by atoms with Crippen molar-refractivity contribution in [1.82, 2.24) is 15.0 Å². The van der Waals surface area contributed by atoms with Crippen molar-refractivity contribution in [3.63, 3.8) is 0 Å². The predicted octanol–water partition coefficient (Wildman–Crippen LogP) is 5.03. The number of benzene rings is 2. The van der Waals surface area contributed by atoms with Gasteiger partial charge in [0.25, 0.3) is 0 Å². The molecule has 1 aliphatic rings. The zero-order valence-corrected chi connectivity index (χ0v) is 16.4. The standard InChI is InChI=1S/C22H24N4O2/c1-14-7-4-9-17(13-14)20-24-21(28-25-20)19-11-6-12-26(19)22(27)23-18-10-5-8-15(2)16(18)3/h4-5,7-10,13,19H,6,11-12H2,1-3H3,(H,23,27). The number of aromatic nitrogens is 2. The summed E-state index contributed by atoms with van der Waals surface area (Å²) in [7, 11) is 0. The van der Waals surface area contributed by atoms with Gasteiger partial charge in [0.05, 0.1) is 0 Å². The Bertz CT molecular complexity index is 1010. The first-order valence-corrected chi connectivity index (χ1v) is 9.57. The molecule has 1 fully saturated rings. The summed E-state index contributed by atoms with van der Waals surface area (Å²) in [6, 6.07) is 13.6. The molecule has 6 nitrogen and oxygen atoms in total. The number of carbonyl (C=O) groups excluding carboxylic acids is 1. The lowest BCUT2D eigenvalue weighted by Gasteiger charge is -2.23. The number of urea groups is 1. The molecule has 2 aromatic carbocycles. The van der Waals surface area contributed by atoms with E-state index in [2.05, 4.69) is 15.5 Å². The summed E-state index contributed by atoms with van der Waals surface area (Å²) in [5.41, 5.74) is 5.11. The van der Waals surface area contributed by atoms with Crippen LogP contribution in [-0.4, -0.2) is 27.6 Å². The quantitative estimate of drug-likeness (QED) is 0.696. The fourth-order valence-electron chi connectivity index (χ4n) is 3.61. The number of aryl methyl sites for hydroxylation is 2. The third kappa shape index (κ3) is 3.50.